The van der Waals surface area contributed by atoms with Gasteiger partial charge < -0.3 is 9.32 Å². The largest absolute Gasteiger partial charge is 0.439 e. The van der Waals surface area contributed by atoms with E-state index in [0.29, 0.717) is 33.7 Å². The van der Waals surface area contributed by atoms with E-state index in [9.17, 15) is 9.59 Å². The summed E-state index contributed by atoms with van der Waals surface area (Å²) in [5.74, 6) is 0.0433. The number of carbonyl (C=O) groups excluding carboxylic acids is 1. The Balaban J connectivity index is 1.75. The Morgan fingerprint density at radius 3 is 2.55 bits per heavy atom. The maximum atomic E-state index is 13.3. The van der Waals surface area contributed by atoms with Crippen molar-refractivity contribution in [2.24, 2.45) is 0 Å². The van der Waals surface area contributed by atoms with Crippen LogP contribution in [0.4, 0.5) is 5.88 Å². The minimum atomic E-state index is -0.210. The standard InChI is InChI=1S/C23H23ClN2O3/c1-15-5-7-16(8-6-15)21-22(28)18-13-17(24)9-10-19(18)29-23(21)25-20(27)14-26-11-3-2-4-12-26/h5-10,13H,2-4,11-12,14H2,1H3,(H,25,27)/p+1. The highest BCUT2D eigenvalue weighted by Gasteiger charge is 2.22. The quantitative estimate of drug-likeness (QED) is 0.691. The Kier molecular flexibility index (Phi) is 5.69. The molecule has 0 aliphatic carbocycles. The van der Waals surface area contributed by atoms with Gasteiger partial charge in [0.05, 0.1) is 24.0 Å². The molecule has 0 spiro atoms. The van der Waals surface area contributed by atoms with Crippen LogP contribution < -0.4 is 15.6 Å². The molecule has 0 atom stereocenters. The van der Waals surface area contributed by atoms with E-state index in [0.717, 1.165) is 31.5 Å². The van der Waals surface area contributed by atoms with Gasteiger partial charge in [-0.25, -0.2) is 0 Å². The summed E-state index contributed by atoms with van der Waals surface area (Å²) >= 11 is 6.09. The highest BCUT2D eigenvalue weighted by molar-refractivity contribution is 6.31. The Labute approximate surface area is 174 Å². The molecule has 0 saturated carbocycles. The summed E-state index contributed by atoms with van der Waals surface area (Å²) in [7, 11) is 0. The first-order valence-corrected chi connectivity index (χ1v) is 10.4. The van der Waals surface area contributed by atoms with Gasteiger partial charge in [-0.2, -0.15) is 0 Å². The van der Waals surface area contributed by atoms with E-state index in [4.69, 9.17) is 16.0 Å². The van der Waals surface area contributed by atoms with Crippen molar-refractivity contribution < 1.29 is 14.1 Å². The molecule has 1 fully saturated rings. The van der Waals surface area contributed by atoms with E-state index in [-0.39, 0.29) is 17.2 Å². The molecule has 0 unspecified atom stereocenters. The van der Waals surface area contributed by atoms with Crippen LogP contribution >= 0.6 is 11.6 Å². The summed E-state index contributed by atoms with van der Waals surface area (Å²) in [5, 5.41) is 3.72. The Bertz CT molecular complexity index is 1100. The van der Waals surface area contributed by atoms with Crippen LogP contribution in [-0.4, -0.2) is 25.5 Å². The molecule has 6 heteroatoms. The summed E-state index contributed by atoms with van der Waals surface area (Å²) in [6.45, 7) is 4.35. The maximum Gasteiger partial charge on any atom is 0.281 e. The zero-order valence-corrected chi connectivity index (χ0v) is 17.1. The average molecular weight is 412 g/mol. The molecule has 1 aliphatic rings. The Morgan fingerprint density at radius 1 is 1.10 bits per heavy atom. The summed E-state index contributed by atoms with van der Waals surface area (Å²) in [6.07, 6.45) is 3.51. The number of anilines is 1. The predicted molar refractivity (Wildman–Crippen MR) is 116 cm³/mol. The number of hydrogen-bond acceptors (Lipinski definition) is 3. The number of hydrogen-bond donors (Lipinski definition) is 2. The van der Waals surface area contributed by atoms with Crippen LogP contribution in [0, 0.1) is 6.92 Å². The molecule has 1 saturated heterocycles. The molecule has 2 aromatic carbocycles. The zero-order valence-electron chi connectivity index (χ0n) is 16.4. The molecule has 0 radical (unpaired) electrons. The Hall–Kier alpha value is -2.63. The minimum absolute atomic E-state index is 0.147. The third-order valence-corrected chi connectivity index (χ3v) is 5.65. The summed E-state index contributed by atoms with van der Waals surface area (Å²) in [5.41, 5.74) is 2.32. The summed E-state index contributed by atoms with van der Waals surface area (Å²) in [6, 6.07) is 12.5. The topological polar surface area (TPSA) is 63.8 Å². The second-order valence-electron chi connectivity index (χ2n) is 7.68. The van der Waals surface area contributed by atoms with Crippen molar-refractivity contribution in [3.05, 3.63) is 63.3 Å². The number of rotatable bonds is 4. The van der Waals surface area contributed by atoms with E-state index in [1.807, 2.05) is 31.2 Å². The van der Waals surface area contributed by atoms with Crippen molar-refractivity contribution in [1.29, 1.82) is 0 Å². The molecule has 1 amide bonds. The zero-order chi connectivity index (χ0) is 20.4. The number of likely N-dealkylation sites (tertiary alicyclic amines) is 1. The van der Waals surface area contributed by atoms with E-state index >= 15 is 0 Å². The fourth-order valence-electron chi connectivity index (χ4n) is 3.86. The molecule has 4 rings (SSSR count). The second kappa shape index (κ2) is 8.39. The number of aryl methyl sites for hydroxylation is 1. The molecule has 3 aromatic rings. The third kappa shape index (κ3) is 4.36. The van der Waals surface area contributed by atoms with Crippen LogP contribution in [0.3, 0.4) is 0 Å². The normalized spacial score (nSPS) is 14.8. The van der Waals surface area contributed by atoms with Crippen molar-refractivity contribution in [3.8, 4) is 11.1 Å². The molecule has 1 aromatic heterocycles. The van der Waals surface area contributed by atoms with Crippen LogP contribution in [-0.2, 0) is 4.79 Å². The smallest absolute Gasteiger partial charge is 0.281 e. The van der Waals surface area contributed by atoms with Gasteiger partial charge in [0.2, 0.25) is 11.3 Å². The van der Waals surface area contributed by atoms with E-state index in [2.05, 4.69) is 5.32 Å². The lowest BCUT2D eigenvalue weighted by molar-refractivity contribution is -0.896. The van der Waals surface area contributed by atoms with Crippen LogP contribution in [0.5, 0.6) is 0 Å². The van der Waals surface area contributed by atoms with Gasteiger partial charge in [0.15, 0.2) is 6.54 Å². The molecule has 5 nitrogen and oxygen atoms in total. The van der Waals surface area contributed by atoms with E-state index in [1.54, 1.807) is 18.2 Å². The first kappa shape index (κ1) is 19.7. The van der Waals surface area contributed by atoms with Crippen molar-refractivity contribution in [2.45, 2.75) is 26.2 Å². The van der Waals surface area contributed by atoms with Gasteiger partial charge in [0.1, 0.15) is 5.58 Å². The van der Waals surface area contributed by atoms with Crippen molar-refractivity contribution in [1.82, 2.24) is 0 Å². The molecule has 2 N–H and O–H groups in total. The number of nitrogens with one attached hydrogen (secondary N) is 2. The average Bonchev–Trinajstić information content (AvgIpc) is 2.71. The fourth-order valence-corrected chi connectivity index (χ4v) is 4.04. The van der Waals surface area contributed by atoms with Crippen molar-refractivity contribution in [3.63, 3.8) is 0 Å². The number of quaternary nitrogens is 1. The van der Waals surface area contributed by atoms with Crippen LogP contribution in [0.1, 0.15) is 24.8 Å². The van der Waals surface area contributed by atoms with Crippen LogP contribution in [0.2, 0.25) is 5.02 Å². The molecule has 0 bridgehead atoms. The van der Waals surface area contributed by atoms with Gasteiger partial charge in [-0.05, 0) is 49.9 Å². The minimum Gasteiger partial charge on any atom is -0.439 e. The summed E-state index contributed by atoms with van der Waals surface area (Å²) in [4.78, 5) is 27.3. The molecule has 29 heavy (non-hydrogen) atoms. The van der Waals surface area contributed by atoms with Gasteiger partial charge in [0, 0.05) is 5.02 Å². The van der Waals surface area contributed by atoms with Crippen molar-refractivity contribution >= 4 is 34.4 Å². The molecule has 150 valence electrons. The lowest BCUT2D eigenvalue weighted by atomic mass is 10.0. The van der Waals surface area contributed by atoms with Crippen molar-refractivity contribution in [2.75, 3.05) is 25.0 Å². The third-order valence-electron chi connectivity index (χ3n) is 5.42. The van der Waals surface area contributed by atoms with Gasteiger partial charge in [-0.3, -0.25) is 14.9 Å². The number of halogens is 1. The molecular formula is C23H24ClN2O3+. The van der Waals surface area contributed by atoms with E-state index in [1.165, 1.54) is 11.3 Å². The first-order valence-electron chi connectivity index (χ1n) is 9.98. The highest BCUT2D eigenvalue weighted by atomic mass is 35.5. The first-order chi connectivity index (χ1) is 14.0. The molecule has 1 aliphatic heterocycles. The van der Waals surface area contributed by atoms with Gasteiger partial charge >= 0.3 is 0 Å². The maximum absolute atomic E-state index is 13.3. The number of benzene rings is 2. The fraction of sp³-hybridized carbons (Fsp3) is 0.304. The van der Waals surface area contributed by atoms with Gasteiger partial charge in [0.25, 0.3) is 5.91 Å². The van der Waals surface area contributed by atoms with Gasteiger partial charge in [-0.15, -0.1) is 0 Å². The number of fused-ring (bicyclic) bond motifs is 1. The molecular weight excluding hydrogens is 388 g/mol. The van der Waals surface area contributed by atoms with E-state index < -0.39 is 0 Å². The monoisotopic (exact) mass is 411 g/mol. The van der Waals surface area contributed by atoms with Crippen LogP contribution in [0.15, 0.2) is 51.7 Å². The number of carbonyl (C=O) groups is 1. The lowest BCUT2D eigenvalue weighted by Crippen LogP contribution is -3.13. The van der Waals surface area contributed by atoms with Crippen LogP contribution in [0.25, 0.3) is 22.1 Å². The lowest BCUT2D eigenvalue weighted by Gasteiger charge is -2.22. The second-order valence-corrected chi connectivity index (χ2v) is 8.11. The number of piperidine rings is 1. The SMILES string of the molecule is Cc1ccc(-c2c(NC(=O)C[NH+]3CCCCC3)oc3ccc(Cl)cc3c2=O)cc1. The highest BCUT2D eigenvalue weighted by Crippen LogP contribution is 2.30. The summed E-state index contributed by atoms with van der Waals surface area (Å²) < 4.78 is 5.97. The number of amides is 1. The van der Waals surface area contributed by atoms with Gasteiger partial charge in [-0.1, -0.05) is 41.4 Å². The Morgan fingerprint density at radius 2 is 1.83 bits per heavy atom. The molecule has 2 heterocycles. The predicted octanol–water partition coefficient (Wildman–Crippen LogP) is 3.43.